The Morgan fingerprint density at radius 3 is 2.76 bits per heavy atom. The molecule has 3 aromatic rings. The summed E-state index contributed by atoms with van der Waals surface area (Å²) in [6.07, 6.45) is 0. The van der Waals surface area contributed by atoms with Crippen LogP contribution in [0, 0.1) is 12.7 Å². The van der Waals surface area contributed by atoms with Crippen molar-refractivity contribution in [2.45, 2.75) is 6.92 Å². The summed E-state index contributed by atoms with van der Waals surface area (Å²) >= 11 is 5.76. The van der Waals surface area contributed by atoms with E-state index in [9.17, 15) is 4.39 Å². The second-order valence-electron chi connectivity index (χ2n) is 4.60. The lowest BCUT2D eigenvalue weighted by Crippen LogP contribution is -2.04. The summed E-state index contributed by atoms with van der Waals surface area (Å²) in [5.74, 6) is -0.139. The van der Waals surface area contributed by atoms with Gasteiger partial charge in [-0.25, -0.2) is 4.39 Å². The highest BCUT2D eigenvalue weighted by Gasteiger charge is 2.16. The van der Waals surface area contributed by atoms with E-state index in [4.69, 9.17) is 17.3 Å². The SMILES string of the molecule is Cc1ccc(N)c(-c2nnnn2-c2ccc(Cl)cc2F)c1. The van der Waals surface area contributed by atoms with E-state index >= 15 is 0 Å². The molecule has 0 spiro atoms. The van der Waals surface area contributed by atoms with E-state index in [1.165, 1.54) is 16.8 Å². The zero-order chi connectivity index (χ0) is 15.0. The van der Waals surface area contributed by atoms with Crippen molar-refractivity contribution in [3.8, 4) is 17.1 Å². The maximum atomic E-state index is 14.1. The van der Waals surface area contributed by atoms with Gasteiger partial charge in [0.15, 0.2) is 5.82 Å². The molecule has 0 saturated heterocycles. The highest BCUT2D eigenvalue weighted by Crippen LogP contribution is 2.27. The van der Waals surface area contributed by atoms with Crippen LogP contribution in [0.1, 0.15) is 5.56 Å². The van der Waals surface area contributed by atoms with Crippen molar-refractivity contribution in [2.24, 2.45) is 0 Å². The Morgan fingerprint density at radius 2 is 2.00 bits per heavy atom. The lowest BCUT2D eigenvalue weighted by atomic mass is 10.1. The van der Waals surface area contributed by atoms with Crippen molar-refractivity contribution in [2.75, 3.05) is 5.73 Å². The van der Waals surface area contributed by atoms with E-state index in [2.05, 4.69) is 15.5 Å². The summed E-state index contributed by atoms with van der Waals surface area (Å²) in [6.45, 7) is 1.93. The monoisotopic (exact) mass is 303 g/mol. The first kappa shape index (κ1) is 13.5. The number of halogens is 2. The Hall–Kier alpha value is -2.47. The second kappa shape index (κ2) is 5.14. The molecule has 21 heavy (non-hydrogen) atoms. The standard InChI is InChI=1S/C14H11ClFN5/c1-8-2-4-12(17)10(6-8)14-18-19-20-21(14)13-5-3-9(15)7-11(13)16/h2-7H,17H2,1H3. The van der Waals surface area contributed by atoms with Crippen molar-refractivity contribution in [1.29, 1.82) is 0 Å². The Bertz CT molecular complexity index is 815. The minimum absolute atomic E-state index is 0.209. The normalized spacial score (nSPS) is 10.8. The number of hydrogen-bond donors (Lipinski definition) is 1. The molecule has 1 heterocycles. The van der Waals surface area contributed by atoms with Gasteiger partial charge < -0.3 is 5.73 Å². The van der Waals surface area contributed by atoms with Crippen molar-refractivity contribution in [3.05, 3.63) is 52.8 Å². The van der Waals surface area contributed by atoms with Crippen LogP contribution in [-0.4, -0.2) is 20.2 Å². The Labute approximate surface area is 125 Å². The third-order valence-electron chi connectivity index (χ3n) is 3.06. The van der Waals surface area contributed by atoms with E-state index < -0.39 is 5.82 Å². The van der Waals surface area contributed by atoms with Gasteiger partial charge in [0.05, 0.1) is 0 Å². The molecule has 0 aliphatic heterocycles. The summed E-state index contributed by atoms with van der Waals surface area (Å²) < 4.78 is 15.4. The van der Waals surface area contributed by atoms with Gasteiger partial charge in [0.2, 0.25) is 0 Å². The average Bonchev–Trinajstić information content (AvgIpc) is 2.90. The Balaban J connectivity index is 2.19. The number of tetrazole rings is 1. The summed E-state index contributed by atoms with van der Waals surface area (Å²) in [5, 5.41) is 11.7. The van der Waals surface area contributed by atoms with E-state index in [0.29, 0.717) is 22.1 Å². The number of nitrogens with two attached hydrogens (primary N) is 1. The number of hydrogen-bond acceptors (Lipinski definition) is 4. The van der Waals surface area contributed by atoms with Crippen molar-refractivity contribution >= 4 is 17.3 Å². The average molecular weight is 304 g/mol. The fraction of sp³-hybridized carbons (Fsp3) is 0.0714. The van der Waals surface area contributed by atoms with Gasteiger partial charge in [-0.15, -0.1) is 5.10 Å². The van der Waals surface area contributed by atoms with Crippen LogP contribution in [0.3, 0.4) is 0 Å². The molecule has 0 atom stereocenters. The second-order valence-corrected chi connectivity index (χ2v) is 5.04. The molecule has 0 aliphatic carbocycles. The first-order chi connectivity index (χ1) is 10.1. The number of anilines is 1. The van der Waals surface area contributed by atoms with E-state index in [0.717, 1.165) is 5.56 Å². The lowest BCUT2D eigenvalue weighted by Gasteiger charge is -2.08. The molecule has 2 N–H and O–H groups in total. The van der Waals surface area contributed by atoms with Crippen LogP contribution in [0.4, 0.5) is 10.1 Å². The van der Waals surface area contributed by atoms with Gasteiger partial charge in [0, 0.05) is 16.3 Å². The van der Waals surface area contributed by atoms with Gasteiger partial charge in [-0.2, -0.15) is 4.68 Å². The van der Waals surface area contributed by atoms with Crippen molar-refractivity contribution in [3.63, 3.8) is 0 Å². The van der Waals surface area contributed by atoms with Crippen LogP contribution in [0.2, 0.25) is 5.02 Å². The van der Waals surface area contributed by atoms with Gasteiger partial charge in [-0.3, -0.25) is 0 Å². The van der Waals surface area contributed by atoms with Crippen molar-refractivity contribution in [1.82, 2.24) is 20.2 Å². The van der Waals surface area contributed by atoms with Crippen LogP contribution in [-0.2, 0) is 0 Å². The minimum atomic E-state index is -0.512. The van der Waals surface area contributed by atoms with Gasteiger partial charge >= 0.3 is 0 Å². The van der Waals surface area contributed by atoms with Gasteiger partial charge in [0.25, 0.3) is 0 Å². The molecule has 0 saturated carbocycles. The molecule has 0 bridgehead atoms. The van der Waals surface area contributed by atoms with Crippen LogP contribution in [0.25, 0.3) is 17.1 Å². The first-order valence-electron chi connectivity index (χ1n) is 6.16. The molecule has 1 aromatic heterocycles. The third-order valence-corrected chi connectivity index (χ3v) is 3.29. The number of nitrogens with zero attached hydrogens (tertiary/aromatic N) is 4. The minimum Gasteiger partial charge on any atom is -0.398 e. The van der Waals surface area contributed by atoms with Gasteiger partial charge in [0.1, 0.15) is 11.5 Å². The van der Waals surface area contributed by atoms with Gasteiger partial charge in [-0.1, -0.05) is 23.2 Å². The van der Waals surface area contributed by atoms with E-state index in [1.807, 2.05) is 19.1 Å². The number of benzene rings is 2. The topological polar surface area (TPSA) is 69.6 Å². The molecule has 5 nitrogen and oxygen atoms in total. The molecular weight excluding hydrogens is 293 g/mol. The quantitative estimate of drug-likeness (QED) is 0.739. The summed E-state index contributed by atoms with van der Waals surface area (Å²) in [6, 6.07) is 9.81. The fourth-order valence-electron chi connectivity index (χ4n) is 2.03. The molecule has 2 aromatic carbocycles. The number of aryl methyl sites for hydroxylation is 1. The van der Waals surface area contributed by atoms with Crippen molar-refractivity contribution < 1.29 is 4.39 Å². The predicted molar refractivity (Wildman–Crippen MR) is 78.7 cm³/mol. The molecule has 106 valence electrons. The smallest absolute Gasteiger partial charge is 0.189 e. The summed E-state index contributed by atoms with van der Waals surface area (Å²) in [5.41, 5.74) is 8.35. The molecule has 0 unspecified atom stereocenters. The molecule has 3 rings (SSSR count). The molecule has 0 aliphatic rings. The molecule has 0 fully saturated rings. The Morgan fingerprint density at radius 1 is 1.19 bits per heavy atom. The van der Waals surface area contributed by atoms with Crippen LogP contribution >= 0.6 is 11.6 Å². The third kappa shape index (κ3) is 2.45. The number of rotatable bonds is 2. The molecule has 7 heteroatoms. The predicted octanol–water partition coefficient (Wildman–Crippen LogP) is 3.01. The van der Waals surface area contributed by atoms with Crippen LogP contribution < -0.4 is 5.73 Å². The fourth-order valence-corrected chi connectivity index (χ4v) is 2.19. The van der Waals surface area contributed by atoms with Crippen LogP contribution in [0.5, 0.6) is 0 Å². The van der Waals surface area contributed by atoms with Crippen LogP contribution in [0.15, 0.2) is 36.4 Å². The molecule has 0 amide bonds. The summed E-state index contributed by atoms with van der Waals surface area (Å²) in [4.78, 5) is 0. The zero-order valence-corrected chi connectivity index (χ0v) is 11.8. The maximum Gasteiger partial charge on any atom is 0.189 e. The van der Waals surface area contributed by atoms with Gasteiger partial charge in [-0.05, 0) is 47.7 Å². The largest absolute Gasteiger partial charge is 0.398 e. The van der Waals surface area contributed by atoms with E-state index in [1.54, 1.807) is 12.1 Å². The Kier molecular flexibility index (Phi) is 3.31. The highest BCUT2D eigenvalue weighted by molar-refractivity contribution is 6.30. The lowest BCUT2D eigenvalue weighted by molar-refractivity contribution is 0.608. The summed E-state index contributed by atoms with van der Waals surface area (Å²) in [7, 11) is 0. The number of aromatic nitrogens is 4. The zero-order valence-electron chi connectivity index (χ0n) is 11.1. The number of nitrogen functional groups attached to an aromatic ring is 1. The van der Waals surface area contributed by atoms with E-state index in [-0.39, 0.29) is 5.69 Å². The molecule has 0 radical (unpaired) electrons. The maximum absolute atomic E-state index is 14.1. The first-order valence-corrected chi connectivity index (χ1v) is 6.54. The highest BCUT2D eigenvalue weighted by atomic mass is 35.5. The molecular formula is C14H11ClFN5.